The molecule has 152 valence electrons. The maximum absolute atomic E-state index is 13.2. The molecule has 6 heteroatoms. The predicted octanol–water partition coefficient (Wildman–Crippen LogP) is 6.20. The van der Waals surface area contributed by atoms with E-state index in [1.807, 2.05) is 31.2 Å². The molecule has 0 spiro atoms. The van der Waals surface area contributed by atoms with Gasteiger partial charge in [-0.05, 0) is 73.4 Å². The lowest BCUT2D eigenvalue weighted by Crippen LogP contribution is -2.17. The number of thiophene rings is 2. The standard InChI is InChI=1S/C23H26N2O2S2/c1-3-27-17-9-7-16(8-10-17)25-22(26)21-19-11-6-15(2)13-20(19)29-23(21)24-14-18-5-4-12-28-18/h4-5,7-10,12,15,24H,3,6,11,13-14H2,1-2H3,(H,25,26)/t15-/m0/s1. The fourth-order valence-electron chi connectivity index (χ4n) is 3.69. The van der Waals surface area contributed by atoms with Gasteiger partial charge in [0.2, 0.25) is 0 Å². The molecule has 2 heterocycles. The Hall–Kier alpha value is -2.31. The van der Waals surface area contributed by atoms with Gasteiger partial charge in [0.15, 0.2) is 0 Å². The molecular weight excluding hydrogens is 400 g/mol. The average Bonchev–Trinajstić information content (AvgIpc) is 3.35. The third-order valence-corrected chi connectivity index (χ3v) is 7.25. The molecule has 1 aliphatic carbocycles. The zero-order chi connectivity index (χ0) is 20.2. The van der Waals surface area contributed by atoms with Crippen molar-refractivity contribution in [3.63, 3.8) is 0 Å². The lowest BCUT2D eigenvalue weighted by Gasteiger charge is -2.18. The first kappa shape index (κ1) is 20.0. The zero-order valence-corrected chi connectivity index (χ0v) is 18.4. The van der Waals surface area contributed by atoms with Gasteiger partial charge < -0.3 is 15.4 Å². The van der Waals surface area contributed by atoms with E-state index in [1.54, 1.807) is 22.7 Å². The number of anilines is 2. The minimum Gasteiger partial charge on any atom is -0.494 e. The van der Waals surface area contributed by atoms with Crippen LogP contribution in [0.4, 0.5) is 10.7 Å². The van der Waals surface area contributed by atoms with E-state index in [9.17, 15) is 4.79 Å². The fraction of sp³-hybridized carbons (Fsp3) is 0.348. The van der Waals surface area contributed by atoms with Crippen molar-refractivity contribution >= 4 is 39.3 Å². The van der Waals surface area contributed by atoms with Crippen LogP contribution >= 0.6 is 22.7 Å². The highest BCUT2D eigenvalue weighted by Gasteiger charge is 2.27. The Bertz CT molecular complexity index is 962. The van der Waals surface area contributed by atoms with E-state index in [0.717, 1.165) is 47.8 Å². The Labute approximate surface area is 179 Å². The summed E-state index contributed by atoms with van der Waals surface area (Å²) in [6, 6.07) is 11.7. The van der Waals surface area contributed by atoms with Crippen LogP contribution in [0.25, 0.3) is 0 Å². The smallest absolute Gasteiger partial charge is 0.258 e. The van der Waals surface area contributed by atoms with Crippen LogP contribution in [-0.2, 0) is 19.4 Å². The molecular formula is C23H26N2O2S2. The Morgan fingerprint density at radius 2 is 2.07 bits per heavy atom. The van der Waals surface area contributed by atoms with Crippen LogP contribution in [0, 0.1) is 5.92 Å². The minimum absolute atomic E-state index is 0.0325. The summed E-state index contributed by atoms with van der Waals surface area (Å²) in [6.07, 6.45) is 3.17. The first-order chi connectivity index (χ1) is 14.1. The Balaban J connectivity index is 1.57. The van der Waals surface area contributed by atoms with Gasteiger partial charge in [-0.25, -0.2) is 0 Å². The number of rotatable bonds is 7. The summed E-state index contributed by atoms with van der Waals surface area (Å²) in [5, 5.41) is 9.68. The molecule has 0 saturated carbocycles. The van der Waals surface area contributed by atoms with Crippen molar-refractivity contribution in [1.29, 1.82) is 0 Å². The molecule has 0 radical (unpaired) electrons. The SMILES string of the molecule is CCOc1ccc(NC(=O)c2c(NCc3cccs3)sc3c2CC[C@H](C)C3)cc1. The van der Waals surface area contributed by atoms with Crippen molar-refractivity contribution < 1.29 is 9.53 Å². The van der Waals surface area contributed by atoms with E-state index in [4.69, 9.17) is 4.74 Å². The molecule has 4 rings (SSSR count). The van der Waals surface area contributed by atoms with E-state index < -0.39 is 0 Å². The summed E-state index contributed by atoms with van der Waals surface area (Å²) in [7, 11) is 0. The first-order valence-corrected chi connectivity index (χ1v) is 11.8. The van der Waals surface area contributed by atoms with Crippen molar-refractivity contribution in [3.05, 3.63) is 62.7 Å². The third kappa shape index (κ3) is 4.65. The van der Waals surface area contributed by atoms with Gasteiger partial charge in [0.05, 0.1) is 18.7 Å². The number of ether oxygens (including phenoxy) is 1. The molecule has 29 heavy (non-hydrogen) atoms. The van der Waals surface area contributed by atoms with E-state index in [1.165, 1.54) is 15.3 Å². The highest BCUT2D eigenvalue weighted by Crippen LogP contribution is 2.40. The van der Waals surface area contributed by atoms with Gasteiger partial charge in [0, 0.05) is 15.4 Å². The topological polar surface area (TPSA) is 50.4 Å². The monoisotopic (exact) mass is 426 g/mol. The van der Waals surface area contributed by atoms with Crippen molar-refractivity contribution in [1.82, 2.24) is 0 Å². The molecule has 3 aromatic rings. The number of hydrogen-bond donors (Lipinski definition) is 2. The number of nitrogens with one attached hydrogen (secondary N) is 2. The quantitative estimate of drug-likeness (QED) is 0.473. The van der Waals surface area contributed by atoms with Gasteiger partial charge in [-0.1, -0.05) is 13.0 Å². The molecule has 1 atom stereocenters. The lowest BCUT2D eigenvalue weighted by atomic mass is 9.88. The second-order valence-electron chi connectivity index (χ2n) is 7.40. The highest BCUT2D eigenvalue weighted by atomic mass is 32.1. The molecule has 0 aliphatic heterocycles. The van der Waals surface area contributed by atoms with Crippen LogP contribution in [0.5, 0.6) is 5.75 Å². The molecule has 1 amide bonds. The lowest BCUT2D eigenvalue weighted by molar-refractivity contribution is 0.102. The van der Waals surface area contributed by atoms with Crippen molar-refractivity contribution in [2.24, 2.45) is 5.92 Å². The summed E-state index contributed by atoms with van der Waals surface area (Å²) in [5.74, 6) is 1.45. The van der Waals surface area contributed by atoms with E-state index in [2.05, 4.69) is 35.1 Å². The van der Waals surface area contributed by atoms with Crippen molar-refractivity contribution in [3.8, 4) is 5.75 Å². The summed E-state index contributed by atoms with van der Waals surface area (Å²) in [5.41, 5.74) is 2.83. The fourth-order valence-corrected chi connectivity index (χ4v) is 5.74. The summed E-state index contributed by atoms with van der Waals surface area (Å²) in [4.78, 5) is 15.9. The summed E-state index contributed by atoms with van der Waals surface area (Å²) in [6.45, 7) is 5.63. The third-order valence-electron chi connectivity index (χ3n) is 5.17. The van der Waals surface area contributed by atoms with E-state index in [-0.39, 0.29) is 5.91 Å². The Morgan fingerprint density at radius 3 is 2.79 bits per heavy atom. The molecule has 0 fully saturated rings. The maximum atomic E-state index is 13.2. The van der Waals surface area contributed by atoms with Crippen molar-refractivity contribution in [2.45, 2.75) is 39.7 Å². The number of hydrogen-bond acceptors (Lipinski definition) is 5. The Morgan fingerprint density at radius 1 is 1.24 bits per heavy atom. The van der Waals surface area contributed by atoms with Gasteiger partial charge in [-0.3, -0.25) is 4.79 Å². The molecule has 2 aromatic heterocycles. The predicted molar refractivity (Wildman–Crippen MR) is 123 cm³/mol. The molecule has 0 unspecified atom stereocenters. The second kappa shape index (κ2) is 9.01. The van der Waals surface area contributed by atoms with Gasteiger partial charge in [0.1, 0.15) is 10.8 Å². The number of fused-ring (bicyclic) bond motifs is 1. The van der Waals surface area contributed by atoms with Gasteiger partial charge in [-0.15, -0.1) is 22.7 Å². The number of carbonyl (C=O) groups is 1. The molecule has 1 aromatic carbocycles. The van der Waals surface area contributed by atoms with E-state index >= 15 is 0 Å². The van der Waals surface area contributed by atoms with Crippen LogP contribution < -0.4 is 15.4 Å². The van der Waals surface area contributed by atoms with Crippen LogP contribution in [-0.4, -0.2) is 12.5 Å². The summed E-state index contributed by atoms with van der Waals surface area (Å²) >= 11 is 3.48. The van der Waals surface area contributed by atoms with Gasteiger partial charge in [-0.2, -0.15) is 0 Å². The molecule has 0 saturated heterocycles. The Kier molecular flexibility index (Phi) is 6.21. The number of amides is 1. The largest absolute Gasteiger partial charge is 0.494 e. The highest BCUT2D eigenvalue weighted by molar-refractivity contribution is 7.16. The number of carbonyl (C=O) groups excluding carboxylic acids is 1. The second-order valence-corrected chi connectivity index (χ2v) is 9.54. The first-order valence-electron chi connectivity index (χ1n) is 10.1. The number of benzene rings is 1. The van der Waals surface area contributed by atoms with Gasteiger partial charge in [0.25, 0.3) is 5.91 Å². The van der Waals surface area contributed by atoms with Crippen molar-refractivity contribution in [2.75, 3.05) is 17.2 Å². The molecule has 4 nitrogen and oxygen atoms in total. The van der Waals surface area contributed by atoms with Crippen LogP contribution in [0.2, 0.25) is 0 Å². The zero-order valence-electron chi connectivity index (χ0n) is 16.8. The average molecular weight is 427 g/mol. The molecule has 0 bridgehead atoms. The normalized spacial score (nSPS) is 15.6. The minimum atomic E-state index is -0.0325. The van der Waals surface area contributed by atoms with E-state index in [0.29, 0.717) is 12.5 Å². The maximum Gasteiger partial charge on any atom is 0.258 e. The van der Waals surface area contributed by atoms with Crippen LogP contribution in [0.1, 0.15) is 45.9 Å². The molecule has 2 N–H and O–H groups in total. The summed E-state index contributed by atoms with van der Waals surface area (Å²) < 4.78 is 5.49. The van der Waals surface area contributed by atoms with Crippen LogP contribution in [0.3, 0.4) is 0 Å². The molecule has 1 aliphatic rings. The van der Waals surface area contributed by atoms with Gasteiger partial charge >= 0.3 is 0 Å². The van der Waals surface area contributed by atoms with Crippen LogP contribution in [0.15, 0.2) is 41.8 Å².